The van der Waals surface area contributed by atoms with Crippen LogP contribution >= 0.6 is 11.3 Å². The molecule has 1 rings (SSSR count). The highest BCUT2D eigenvalue weighted by molar-refractivity contribution is 7.10. The van der Waals surface area contributed by atoms with Crippen molar-refractivity contribution < 1.29 is 9.90 Å². The number of hydrogen-bond acceptors (Lipinski definition) is 4. The lowest BCUT2D eigenvalue weighted by atomic mass is 10.0. The molecular formula is C14H24N2O2S. The first-order valence-corrected chi connectivity index (χ1v) is 7.47. The highest BCUT2D eigenvalue weighted by Gasteiger charge is 2.20. The summed E-state index contributed by atoms with van der Waals surface area (Å²) in [4.78, 5) is 15.1. The van der Waals surface area contributed by atoms with Crippen LogP contribution in [-0.2, 0) is 4.79 Å². The molecule has 0 spiro atoms. The number of nitrogens with one attached hydrogen (secondary N) is 1. The Balaban J connectivity index is 2.58. The molecule has 0 aliphatic carbocycles. The number of aliphatic hydroxyl groups excluding tert-OH is 1. The lowest BCUT2D eigenvalue weighted by Crippen LogP contribution is -2.42. The van der Waals surface area contributed by atoms with Crippen LogP contribution in [-0.4, -0.2) is 42.2 Å². The van der Waals surface area contributed by atoms with Crippen LogP contribution in [0.5, 0.6) is 0 Å². The van der Waals surface area contributed by atoms with Crippen molar-refractivity contribution in [2.75, 3.05) is 20.2 Å². The third-order valence-corrected chi connectivity index (χ3v) is 4.20. The summed E-state index contributed by atoms with van der Waals surface area (Å²) in [5.41, 5.74) is 0. The number of rotatable bonds is 7. The fourth-order valence-corrected chi connectivity index (χ4v) is 2.72. The van der Waals surface area contributed by atoms with Gasteiger partial charge in [0.1, 0.15) is 0 Å². The van der Waals surface area contributed by atoms with E-state index in [-0.39, 0.29) is 24.6 Å². The largest absolute Gasteiger partial charge is 0.395 e. The molecule has 1 amide bonds. The lowest BCUT2D eigenvalue weighted by molar-refractivity contribution is -0.123. The number of hydrogen-bond donors (Lipinski definition) is 2. The standard InChI is InChI=1S/C14H24N2O2S/c1-10(2)14(12-6-5-7-19-12)15-13(18)8-16(4)11(3)9-17/h5-7,10-11,14,17H,8-9H2,1-4H3,(H,15,18). The minimum atomic E-state index is -0.00927. The summed E-state index contributed by atoms with van der Waals surface area (Å²) in [6.45, 7) is 6.46. The van der Waals surface area contributed by atoms with Gasteiger partial charge in [0, 0.05) is 10.9 Å². The number of nitrogens with zero attached hydrogens (tertiary/aromatic N) is 1. The van der Waals surface area contributed by atoms with Crippen LogP contribution in [0.25, 0.3) is 0 Å². The second kappa shape index (κ2) is 7.62. The molecule has 2 unspecified atom stereocenters. The van der Waals surface area contributed by atoms with E-state index in [4.69, 9.17) is 5.11 Å². The van der Waals surface area contributed by atoms with E-state index in [2.05, 4.69) is 25.2 Å². The molecule has 0 fully saturated rings. The van der Waals surface area contributed by atoms with E-state index < -0.39 is 0 Å². The Hall–Kier alpha value is -0.910. The molecule has 0 aromatic carbocycles. The molecule has 2 N–H and O–H groups in total. The van der Waals surface area contributed by atoms with E-state index in [0.29, 0.717) is 12.5 Å². The van der Waals surface area contributed by atoms with Gasteiger partial charge in [0.25, 0.3) is 0 Å². The minimum absolute atomic E-state index is 0.00472. The van der Waals surface area contributed by atoms with Gasteiger partial charge in [-0.05, 0) is 31.3 Å². The van der Waals surface area contributed by atoms with Gasteiger partial charge in [-0.1, -0.05) is 19.9 Å². The summed E-state index contributed by atoms with van der Waals surface area (Å²) in [5.74, 6) is 0.345. The Morgan fingerprint density at radius 1 is 1.47 bits per heavy atom. The summed E-state index contributed by atoms with van der Waals surface area (Å²) >= 11 is 1.66. The molecule has 1 heterocycles. The van der Waals surface area contributed by atoms with E-state index in [0.717, 1.165) is 0 Å². The smallest absolute Gasteiger partial charge is 0.234 e. The first-order chi connectivity index (χ1) is 8.95. The zero-order chi connectivity index (χ0) is 14.4. The van der Waals surface area contributed by atoms with Crippen molar-refractivity contribution in [1.29, 1.82) is 0 Å². The van der Waals surface area contributed by atoms with Crippen molar-refractivity contribution >= 4 is 17.2 Å². The quantitative estimate of drug-likeness (QED) is 0.804. The fourth-order valence-electron chi connectivity index (χ4n) is 1.78. The minimum Gasteiger partial charge on any atom is -0.395 e. The third-order valence-electron chi connectivity index (χ3n) is 3.24. The van der Waals surface area contributed by atoms with Crippen molar-refractivity contribution in [3.63, 3.8) is 0 Å². The number of aliphatic hydroxyl groups is 1. The van der Waals surface area contributed by atoms with Crippen molar-refractivity contribution in [3.05, 3.63) is 22.4 Å². The highest BCUT2D eigenvalue weighted by Crippen LogP contribution is 2.25. The third kappa shape index (κ3) is 4.93. The Kier molecular flexibility index (Phi) is 6.48. The molecule has 0 aliphatic rings. The van der Waals surface area contributed by atoms with E-state index >= 15 is 0 Å². The molecule has 0 bridgehead atoms. The molecule has 4 nitrogen and oxygen atoms in total. The first kappa shape index (κ1) is 16.1. The molecule has 0 aliphatic heterocycles. The molecule has 0 radical (unpaired) electrons. The van der Waals surface area contributed by atoms with E-state index in [1.807, 2.05) is 30.3 Å². The molecule has 0 saturated heterocycles. The number of carbonyl (C=O) groups excluding carboxylic acids is 1. The maximum absolute atomic E-state index is 12.1. The second-order valence-corrected chi connectivity index (χ2v) is 6.23. The molecular weight excluding hydrogens is 260 g/mol. The van der Waals surface area contributed by atoms with Crippen LogP contribution in [0.1, 0.15) is 31.7 Å². The van der Waals surface area contributed by atoms with Crippen LogP contribution in [0.2, 0.25) is 0 Å². The number of amides is 1. The van der Waals surface area contributed by atoms with Crippen LogP contribution in [0.15, 0.2) is 17.5 Å². The zero-order valence-electron chi connectivity index (χ0n) is 12.1. The summed E-state index contributed by atoms with van der Waals surface area (Å²) in [7, 11) is 1.84. The maximum atomic E-state index is 12.1. The van der Waals surface area contributed by atoms with Crippen LogP contribution < -0.4 is 5.32 Å². The first-order valence-electron chi connectivity index (χ1n) is 6.59. The molecule has 5 heteroatoms. The summed E-state index contributed by atoms with van der Waals surface area (Å²) in [6.07, 6.45) is 0. The Bertz CT molecular complexity index is 379. The zero-order valence-corrected chi connectivity index (χ0v) is 12.9. The molecule has 19 heavy (non-hydrogen) atoms. The van der Waals surface area contributed by atoms with Crippen molar-refractivity contribution in [2.24, 2.45) is 5.92 Å². The summed E-state index contributed by atoms with van der Waals surface area (Å²) in [6, 6.07) is 4.10. The van der Waals surface area contributed by atoms with Gasteiger partial charge in [0.2, 0.25) is 5.91 Å². The molecule has 2 atom stereocenters. The second-order valence-electron chi connectivity index (χ2n) is 5.25. The van der Waals surface area contributed by atoms with Gasteiger partial charge in [-0.2, -0.15) is 0 Å². The number of thiophene rings is 1. The molecule has 108 valence electrons. The highest BCUT2D eigenvalue weighted by atomic mass is 32.1. The average Bonchev–Trinajstić information content (AvgIpc) is 2.87. The Labute approximate surface area is 119 Å². The van der Waals surface area contributed by atoms with Crippen molar-refractivity contribution in [3.8, 4) is 0 Å². The molecule has 1 aromatic heterocycles. The van der Waals surface area contributed by atoms with Crippen molar-refractivity contribution in [1.82, 2.24) is 10.2 Å². The van der Waals surface area contributed by atoms with Gasteiger partial charge in [-0.3, -0.25) is 9.69 Å². The monoisotopic (exact) mass is 284 g/mol. The van der Waals surface area contributed by atoms with Crippen molar-refractivity contribution in [2.45, 2.75) is 32.9 Å². The SMILES string of the molecule is CC(C)C(NC(=O)CN(C)C(C)CO)c1cccs1. The lowest BCUT2D eigenvalue weighted by Gasteiger charge is -2.25. The van der Waals surface area contributed by atoms with Gasteiger partial charge in [0.15, 0.2) is 0 Å². The summed E-state index contributed by atoms with van der Waals surface area (Å²) < 4.78 is 0. The predicted octanol–water partition coefficient (Wildman–Crippen LogP) is 1.87. The summed E-state index contributed by atoms with van der Waals surface area (Å²) in [5, 5.41) is 14.2. The van der Waals surface area contributed by atoms with Gasteiger partial charge >= 0.3 is 0 Å². The normalized spacial score (nSPS) is 14.7. The van der Waals surface area contributed by atoms with E-state index in [9.17, 15) is 4.79 Å². The number of likely N-dealkylation sites (N-methyl/N-ethyl adjacent to an activating group) is 1. The topological polar surface area (TPSA) is 52.6 Å². The van der Waals surface area contributed by atoms with Crippen LogP contribution in [0.4, 0.5) is 0 Å². The average molecular weight is 284 g/mol. The molecule has 0 saturated carbocycles. The van der Waals surface area contributed by atoms with Crippen LogP contribution in [0, 0.1) is 5.92 Å². The van der Waals surface area contributed by atoms with Gasteiger partial charge < -0.3 is 10.4 Å². The van der Waals surface area contributed by atoms with Crippen LogP contribution in [0.3, 0.4) is 0 Å². The Morgan fingerprint density at radius 2 is 2.16 bits per heavy atom. The Morgan fingerprint density at radius 3 is 2.63 bits per heavy atom. The predicted molar refractivity (Wildman–Crippen MR) is 79.2 cm³/mol. The van der Waals surface area contributed by atoms with E-state index in [1.165, 1.54) is 4.88 Å². The van der Waals surface area contributed by atoms with Gasteiger partial charge in [-0.25, -0.2) is 0 Å². The van der Waals surface area contributed by atoms with Gasteiger partial charge in [0.05, 0.1) is 19.2 Å². The van der Waals surface area contributed by atoms with Gasteiger partial charge in [-0.15, -0.1) is 11.3 Å². The maximum Gasteiger partial charge on any atom is 0.234 e. The number of carbonyl (C=O) groups is 1. The fraction of sp³-hybridized carbons (Fsp3) is 0.643. The van der Waals surface area contributed by atoms with E-state index in [1.54, 1.807) is 11.3 Å². The molecule has 1 aromatic rings.